The molecule has 0 N–H and O–H groups in total. The molecule has 4 aromatic rings. The first-order valence-electron chi connectivity index (χ1n) is 8.34. The van der Waals surface area contributed by atoms with Gasteiger partial charge in [-0.1, -0.05) is 29.8 Å². The Morgan fingerprint density at radius 2 is 1.85 bits per heavy atom. The van der Waals surface area contributed by atoms with Crippen molar-refractivity contribution in [3.63, 3.8) is 0 Å². The molecule has 2 aromatic carbocycles. The van der Waals surface area contributed by atoms with Crippen LogP contribution in [0.25, 0.3) is 16.4 Å². The van der Waals surface area contributed by atoms with E-state index in [-0.39, 0.29) is 18.0 Å². The van der Waals surface area contributed by atoms with Crippen molar-refractivity contribution >= 4 is 28.0 Å². The zero-order valence-electron chi connectivity index (χ0n) is 14.6. The molecule has 2 aromatic heterocycles. The molecule has 6 nitrogen and oxygen atoms in total. The highest BCUT2D eigenvalue weighted by atomic mass is 16.2. The minimum atomic E-state index is -0.281. The number of benzene rings is 2. The highest BCUT2D eigenvalue weighted by Gasteiger charge is 2.15. The first-order valence-corrected chi connectivity index (χ1v) is 8.34. The molecule has 0 atom stereocenters. The first kappa shape index (κ1) is 16.1. The molecule has 0 unspecified atom stereocenters. The third-order valence-electron chi connectivity index (χ3n) is 4.56. The maximum Gasteiger partial charge on any atom is 0.291 e. The number of carbonyl (C=O) groups excluding carboxylic acids is 1. The average Bonchev–Trinajstić information content (AvgIpc) is 3.02. The van der Waals surface area contributed by atoms with Crippen molar-refractivity contribution in [1.29, 1.82) is 0 Å². The van der Waals surface area contributed by atoms with Gasteiger partial charge >= 0.3 is 0 Å². The quantitative estimate of drug-likeness (QED) is 0.573. The van der Waals surface area contributed by atoms with E-state index in [1.807, 2.05) is 61.5 Å². The fourth-order valence-corrected chi connectivity index (χ4v) is 3.09. The number of nitrogens with zero attached hydrogens (tertiary/aromatic N) is 4. The molecule has 0 spiro atoms. The SMILES string of the molecule is Cc1ccc2c(c1)cc1c(=O)n(CC(=O)N(C)c3ccccc3)ncn12. The number of likely N-dealkylation sites (N-methyl/N-ethyl adjacent to an activating group) is 1. The van der Waals surface area contributed by atoms with Crippen molar-refractivity contribution in [2.24, 2.45) is 0 Å². The van der Waals surface area contributed by atoms with Crippen LogP contribution in [0.2, 0.25) is 0 Å². The molecule has 0 radical (unpaired) electrons. The Bertz CT molecular complexity index is 1180. The molecular weight excluding hydrogens is 328 g/mol. The number of anilines is 1. The average molecular weight is 346 g/mol. The minimum absolute atomic E-state index is 0.110. The highest BCUT2D eigenvalue weighted by molar-refractivity contribution is 5.92. The van der Waals surface area contributed by atoms with E-state index in [0.29, 0.717) is 5.52 Å². The molecule has 130 valence electrons. The van der Waals surface area contributed by atoms with Crippen molar-refractivity contribution < 1.29 is 4.79 Å². The van der Waals surface area contributed by atoms with E-state index < -0.39 is 0 Å². The summed E-state index contributed by atoms with van der Waals surface area (Å²) in [4.78, 5) is 26.8. The Morgan fingerprint density at radius 3 is 2.62 bits per heavy atom. The van der Waals surface area contributed by atoms with Crippen molar-refractivity contribution in [2.75, 3.05) is 11.9 Å². The van der Waals surface area contributed by atoms with E-state index in [2.05, 4.69) is 5.10 Å². The first-order chi connectivity index (χ1) is 12.5. The number of rotatable bonds is 3. The summed E-state index contributed by atoms with van der Waals surface area (Å²) in [6.45, 7) is 1.90. The molecule has 1 amide bonds. The molecule has 0 saturated carbocycles. The lowest BCUT2D eigenvalue weighted by Gasteiger charge is -2.17. The predicted molar refractivity (Wildman–Crippen MR) is 102 cm³/mol. The molecule has 0 saturated heterocycles. The van der Waals surface area contributed by atoms with Crippen LogP contribution < -0.4 is 10.5 Å². The van der Waals surface area contributed by atoms with Gasteiger partial charge in [0.15, 0.2) is 0 Å². The van der Waals surface area contributed by atoms with Crippen LogP contribution in [0, 0.1) is 6.92 Å². The van der Waals surface area contributed by atoms with Crippen LogP contribution in [-0.4, -0.2) is 27.1 Å². The third kappa shape index (κ3) is 2.65. The summed E-state index contributed by atoms with van der Waals surface area (Å²) in [5.74, 6) is -0.206. The number of hydrogen-bond donors (Lipinski definition) is 0. The lowest BCUT2D eigenvalue weighted by Crippen LogP contribution is -2.35. The monoisotopic (exact) mass is 346 g/mol. The molecule has 0 aliphatic rings. The fourth-order valence-electron chi connectivity index (χ4n) is 3.09. The minimum Gasteiger partial charge on any atom is -0.314 e. The number of amides is 1. The molecule has 6 heteroatoms. The lowest BCUT2D eigenvalue weighted by molar-refractivity contribution is -0.119. The second-order valence-corrected chi connectivity index (χ2v) is 6.34. The summed E-state index contributed by atoms with van der Waals surface area (Å²) in [6, 6.07) is 17.2. The van der Waals surface area contributed by atoms with Crippen LogP contribution >= 0.6 is 0 Å². The number of hydrogen-bond acceptors (Lipinski definition) is 3. The van der Waals surface area contributed by atoms with Gasteiger partial charge in [-0.25, -0.2) is 4.68 Å². The maximum absolute atomic E-state index is 12.8. The fraction of sp³-hybridized carbons (Fsp3) is 0.150. The van der Waals surface area contributed by atoms with Gasteiger partial charge in [-0.3, -0.25) is 14.0 Å². The summed E-state index contributed by atoms with van der Waals surface area (Å²) in [6.07, 6.45) is 1.59. The molecule has 0 fully saturated rings. The van der Waals surface area contributed by atoms with E-state index in [4.69, 9.17) is 0 Å². The number of para-hydroxylation sites is 1. The smallest absolute Gasteiger partial charge is 0.291 e. The lowest BCUT2D eigenvalue weighted by atomic mass is 10.2. The van der Waals surface area contributed by atoms with Crippen LogP contribution in [-0.2, 0) is 11.3 Å². The van der Waals surface area contributed by atoms with Crippen LogP contribution in [0.5, 0.6) is 0 Å². The van der Waals surface area contributed by atoms with E-state index in [9.17, 15) is 9.59 Å². The number of fused-ring (bicyclic) bond motifs is 3. The second kappa shape index (κ2) is 6.15. The van der Waals surface area contributed by atoms with Gasteiger partial charge in [0.1, 0.15) is 18.4 Å². The third-order valence-corrected chi connectivity index (χ3v) is 4.56. The van der Waals surface area contributed by atoms with Crippen molar-refractivity contribution in [3.8, 4) is 0 Å². The highest BCUT2D eigenvalue weighted by Crippen LogP contribution is 2.19. The van der Waals surface area contributed by atoms with E-state index in [1.54, 1.807) is 17.8 Å². The van der Waals surface area contributed by atoms with Crippen LogP contribution in [0.1, 0.15) is 5.56 Å². The van der Waals surface area contributed by atoms with Gasteiger partial charge in [0.2, 0.25) is 5.91 Å². The molecule has 4 rings (SSSR count). The van der Waals surface area contributed by atoms with Gasteiger partial charge in [0.25, 0.3) is 5.56 Å². The Balaban J connectivity index is 1.71. The second-order valence-electron chi connectivity index (χ2n) is 6.34. The Kier molecular flexibility index (Phi) is 3.80. The van der Waals surface area contributed by atoms with Crippen LogP contribution in [0.15, 0.2) is 65.7 Å². The van der Waals surface area contributed by atoms with Gasteiger partial charge in [0.05, 0.1) is 5.52 Å². The van der Waals surface area contributed by atoms with E-state index in [0.717, 1.165) is 22.2 Å². The molecule has 0 bridgehead atoms. The topological polar surface area (TPSA) is 59.6 Å². The zero-order valence-corrected chi connectivity index (χ0v) is 14.6. The molecular formula is C20H18N4O2. The van der Waals surface area contributed by atoms with E-state index >= 15 is 0 Å². The van der Waals surface area contributed by atoms with Crippen LogP contribution in [0.3, 0.4) is 0 Å². The van der Waals surface area contributed by atoms with Crippen molar-refractivity contribution in [2.45, 2.75) is 13.5 Å². The number of carbonyl (C=O) groups is 1. The Labute approximate surface area is 149 Å². The zero-order chi connectivity index (χ0) is 18.3. The Morgan fingerprint density at radius 1 is 1.08 bits per heavy atom. The van der Waals surface area contributed by atoms with Crippen molar-refractivity contribution in [1.82, 2.24) is 14.2 Å². The van der Waals surface area contributed by atoms with Gasteiger partial charge in [0, 0.05) is 18.1 Å². The standard InChI is InChI=1S/C20H18N4O2/c1-14-8-9-17-15(10-14)11-18-20(26)24(21-13-23(17)18)12-19(25)22(2)16-6-4-3-5-7-16/h3-11,13H,12H2,1-2H3. The normalized spacial score (nSPS) is 11.2. The predicted octanol–water partition coefficient (Wildman–Crippen LogP) is 2.62. The van der Waals surface area contributed by atoms with Crippen molar-refractivity contribution in [3.05, 3.63) is 76.8 Å². The molecule has 0 aliphatic carbocycles. The summed E-state index contributed by atoms with van der Waals surface area (Å²) in [7, 11) is 1.69. The molecule has 26 heavy (non-hydrogen) atoms. The largest absolute Gasteiger partial charge is 0.314 e. The summed E-state index contributed by atoms with van der Waals surface area (Å²) < 4.78 is 2.97. The van der Waals surface area contributed by atoms with Gasteiger partial charge in [-0.2, -0.15) is 5.10 Å². The maximum atomic E-state index is 12.8. The van der Waals surface area contributed by atoms with E-state index in [1.165, 1.54) is 9.58 Å². The summed E-state index contributed by atoms with van der Waals surface area (Å²) in [5.41, 5.74) is 3.05. The van der Waals surface area contributed by atoms with Gasteiger partial charge < -0.3 is 4.90 Å². The summed E-state index contributed by atoms with van der Waals surface area (Å²) >= 11 is 0. The Hall–Kier alpha value is -3.41. The van der Waals surface area contributed by atoms with Crippen LogP contribution in [0.4, 0.5) is 5.69 Å². The number of aromatic nitrogens is 3. The van der Waals surface area contributed by atoms with Gasteiger partial charge in [-0.05, 0) is 37.3 Å². The summed E-state index contributed by atoms with van der Waals surface area (Å²) in [5, 5.41) is 5.17. The molecule has 2 heterocycles. The van der Waals surface area contributed by atoms with Gasteiger partial charge in [-0.15, -0.1) is 0 Å². The number of aryl methyl sites for hydroxylation is 1. The molecule has 0 aliphatic heterocycles.